The van der Waals surface area contributed by atoms with Crippen molar-refractivity contribution in [3.05, 3.63) is 0 Å². The van der Waals surface area contributed by atoms with Crippen LogP contribution in [0.1, 0.15) is 0 Å². The lowest BCUT2D eigenvalue weighted by Crippen LogP contribution is -2.40. The second kappa shape index (κ2) is 2.65. The Hall–Kier alpha value is -0.250. The van der Waals surface area contributed by atoms with E-state index in [2.05, 4.69) is 4.74 Å². The number of ether oxygens (including phenoxy) is 1. The van der Waals surface area contributed by atoms with Crippen LogP contribution < -0.4 is 0 Å². The van der Waals surface area contributed by atoms with Crippen LogP contribution >= 0.6 is 11.8 Å². The first-order valence-corrected chi connectivity index (χ1v) is 3.64. The second-order valence-electron chi connectivity index (χ2n) is 2.27. The van der Waals surface area contributed by atoms with Crippen LogP contribution in [-0.2, 0) is 4.74 Å². The van der Waals surface area contributed by atoms with Gasteiger partial charge in [0.1, 0.15) is 0 Å². The number of halogens is 8. The van der Waals surface area contributed by atoms with E-state index in [9.17, 15) is 35.1 Å². The summed E-state index contributed by atoms with van der Waals surface area (Å²) < 4.78 is 98.0. The minimum absolute atomic E-state index is 1.91. The summed E-state index contributed by atoms with van der Waals surface area (Å²) in [7, 11) is 0. The molecular weight excluding hydrogens is 248 g/mol. The summed E-state index contributed by atoms with van der Waals surface area (Å²) in [4.78, 5) is 0. The molecule has 10 heteroatoms. The average molecular weight is 248 g/mol. The number of rotatable bonds is 0. The molecule has 1 nitrogen and oxygen atoms in total. The third-order valence-electron chi connectivity index (χ3n) is 1.20. The zero-order valence-electron chi connectivity index (χ0n) is 5.84. The highest BCUT2D eigenvalue weighted by atomic mass is 32.2. The maximum atomic E-state index is 12.5. The largest absolute Gasteiger partial charge is 0.459 e. The second-order valence-corrected chi connectivity index (χ2v) is 3.51. The topological polar surface area (TPSA) is 9.23 Å². The molecule has 0 aromatic carbocycles. The molecule has 0 N–H and O–H groups in total. The molecule has 0 spiro atoms. The summed E-state index contributed by atoms with van der Waals surface area (Å²) in [5, 5.41) is -10.3. The first-order valence-electron chi connectivity index (χ1n) is 2.83. The summed E-state index contributed by atoms with van der Waals surface area (Å²) >= 11 is -1.91. The summed E-state index contributed by atoms with van der Waals surface area (Å²) in [6.07, 6.45) is -11.4. The lowest BCUT2D eigenvalue weighted by atomic mass is 10.6. The van der Waals surface area contributed by atoms with E-state index < -0.39 is 34.5 Å². The Morgan fingerprint density at radius 3 is 1.50 bits per heavy atom. The molecule has 1 atom stereocenters. The minimum atomic E-state index is -5.96. The third-order valence-corrected chi connectivity index (χ3v) is 2.27. The number of hydrogen-bond acceptors (Lipinski definition) is 2. The van der Waals surface area contributed by atoms with E-state index in [0.717, 1.165) is 0 Å². The predicted octanol–water partition coefficient (Wildman–Crippen LogP) is 3.12. The van der Waals surface area contributed by atoms with Crippen LogP contribution in [0.3, 0.4) is 0 Å². The van der Waals surface area contributed by atoms with Gasteiger partial charge in [-0.15, -0.1) is 0 Å². The summed E-state index contributed by atoms with van der Waals surface area (Å²) in [5.41, 5.74) is 0. The molecule has 0 amide bonds. The Morgan fingerprint density at radius 1 is 0.929 bits per heavy atom. The highest BCUT2D eigenvalue weighted by Gasteiger charge is 2.80. The molecule has 1 saturated heterocycles. The molecule has 1 fully saturated rings. The molecule has 1 aliphatic rings. The van der Waals surface area contributed by atoms with Gasteiger partial charge in [0, 0.05) is 11.8 Å². The van der Waals surface area contributed by atoms with Crippen molar-refractivity contribution >= 4 is 11.8 Å². The maximum absolute atomic E-state index is 12.5. The van der Waals surface area contributed by atoms with Crippen molar-refractivity contribution in [2.24, 2.45) is 0 Å². The standard InChI is InChI=1S/C4F8OS/c5-1(6,7)4(12)13-2(8,9)3(10,11)14-4. The molecule has 1 rings (SSSR count). The highest BCUT2D eigenvalue weighted by Crippen LogP contribution is 2.63. The van der Waals surface area contributed by atoms with Crippen molar-refractivity contribution in [2.75, 3.05) is 0 Å². The van der Waals surface area contributed by atoms with E-state index in [1.54, 1.807) is 0 Å². The Bertz CT molecular complexity index is 230. The van der Waals surface area contributed by atoms with Crippen molar-refractivity contribution in [3.8, 4) is 0 Å². The van der Waals surface area contributed by atoms with Crippen molar-refractivity contribution in [3.63, 3.8) is 0 Å². The van der Waals surface area contributed by atoms with Gasteiger partial charge in [0.15, 0.2) is 0 Å². The molecule has 1 heterocycles. The van der Waals surface area contributed by atoms with Gasteiger partial charge < -0.3 is 0 Å². The lowest BCUT2D eigenvalue weighted by Gasteiger charge is -2.19. The summed E-state index contributed by atoms with van der Waals surface area (Å²) in [6, 6.07) is 0. The Labute approximate surface area is 75.4 Å². The average Bonchev–Trinajstić information content (AvgIpc) is 1.95. The number of alkyl halides is 8. The Kier molecular flexibility index (Phi) is 2.24. The van der Waals surface area contributed by atoms with Gasteiger partial charge in [0.05, 0.1) is 0 Å². The summed E-state index contributed by atoms with van der Waals surface area (Å²) in [6.45, 7) is 0. The Morgan fingerprint density at radius 2 is 1.36 bits per heavy atom. The van der Waals surface area contributed by atoms with Crippen molar-refractivity contribution in [2.45, 2.75) is 22.7 Å². The van der Waals surface area contributed by atoms with Gasteiger partial charge in [-0.1, -0.05) is 0 Å². The zero-order chi connectivity index (χ0) is 11.4. The van der Waals surface area contributed by atoms with Crippen LogP contribution in [0.5, 0.6) is 0 Å². The summed E-state index contributed by atoms with van der Waals surface area (Å²) in [5.74, 6) is 0. The molecule has 84 valence electrons. The fraction of sp³-hybridized carbons (Fsp3) is 1.00. The molecule has 0 radical (unpaired) electrons. The highest BCUT2D eigenvalue weighted by molar-refractivity contribution is 8.01. The number of hydrogen-bond donors (Lipinski definition) is 0. The van der Waals surface area contributed by atoms with Crippen molar-refractivity contribution in [1.82, 2.24) is 0 Å². The molecule has 1 aliphatic heterocycles. The first kappa shape index (κ1) is 11.8. The molecule has 0 bridgehead atoms. The maximum Gasteiger partial charge on any atom is 0.459 e. The SMILES string of the molecule is FC(F)(F)C1(F)OC(F)(F)C(F)(F)S1. The molecule has 14 heavy (non-hydrogen) atoms. The van der Waals surface area contributed by atoms with Crippen LogP contribution in [0.15, 0.2) is 0 Å². The third kappa shape index (κ3) is 1.53. The number of thioether (sulfide) groups is 1. The molecule has 0 saturated carbocycles. The van der Waals surface area contributed by atoms with Crippen LogP contribution in [-0.4, -0.2) is 22.7 Å². The fourth-order valence-electron chi connectivity index (χ4n) is 0.585. The molecule has 0 aromatic rings. The molecule has 1 unspecified atom stereocenters. The smallest absolute Gasteiger partial charge is 0.260 e. The van der Waals surface area contributed by atoms with Crippen LogP contribution in [0.2, 0.25) is 0 Å². The Balaban J connectivity index is 3.03. The van der Waals surface area contributed by atoms with Gasteiger partial charge >= 0.3 is 22.7 Å². The van der Waals surface area contributed by atoms with Crippen molar-refractivity contribution in [1.29, 1.82) is 0 Å². The van der Waals surface area contributed by atoms with E-state index in [-0.39, 0.29) is 0 Å². The van der Waals surface area contributed by atoms with E-state index in [4.69, 9.17) is 0 Å². The normalized spacial score (nSPS) is 36.0. The van der Waals surface area contributed by atoms with Gasteiger partial charge in [0.25, 0.3) is 0 Å². The van der Waals surface area contributed by atoms with E-state index >= 15 is 0 Å². The molecular formula is C4F8OS. The van der Waals surface area contributed by atoms with Gasteiger partial charge in [-0.05, 0) is 0 Å². The molecule has 0 aliphatic carbocycles. The van der Waals surface area contributed by atoms with Crippen LogP contribution in [0.4, 0.5) is 35.1 Å². The van der Waals surface area contributed by atoms with E-state index in [0.29, 0.717) is 0 Å². The quantitative estimate of drug-likeness (QED) is 0.609. The van der Waals surface area contributed by atoms with E-state index in [1.807, 2.05) is 0 Å². The van der Waals surface area contributed by atoms with Crippen LogP contribution in [0.25, 0.3) is 0 Å². The fourth-order valence-corrected chi connectivity index (χ4v) is 1.34. The monoisotopic (exact) mass is 248 g/mol. The van der Waals surface area contributed by atoms with E-state index in [1.165, 1.54) is 0 Å². The molecule has 0 aromatic heterocycles. The van der Waals surface area contributed by atoms with Crippen molar-refractivity contribution < 1.29 is 39.9 Å². The van der Waals surface area contributed by atoms with Gasteiger partial charge in [-0.25, -0.2) is 0 Å². The zero-order valence-corrected chi connectivity index (χ0v) is 6.66. The van der Waals surface area contributed by atoms with Gasteiger partial charge in [-0.2, -0.15) is 35.1 Å². The first-order chi connectivity index (χ1) is 5.91. The van der Waals surface area contributed by atoms with Gasteiger partial charge in [0.2, 0.25) is 0 Å². The van der Waals surface area contributed by atoms with Crippen LogP contribution in [0, 0.1) is 0 Å². The minimum Gasteiger partial charge on any atom is -0.260 e. The van der Waals surface area contributed by atoms with Gasteiger partial charge in [-0.3, -0.25) is 4.74 Å². The lowest BCUT2D eigenvalue weighted by molar-refractivity contribution is -0.386. The predicted molar refractivity (Wildman–Crippen MR) is 28.5 cm³/mol.